The van der Waals surface area contributed by atoms with Gasteiger partial charge in [0.2, 0.25) is 5.76 Å². The van der Waals surface area contributed by atoms with E-state index in [1.807, 2.05) is 0 Å². The van der Waals surface area contributed by atoms with Crippen molar-refractivity contribution in [3.63, 3.8) is 0 Å². The zero-order valence-corrected chi connectivity index (χ0v) is 7.31. The lowest BCUT2D eigenvalue weighted by molar-refractivity contribution is -0.136. The summed E-state index contributed by atoms with van der Waals surface area (Å²) in [5, 5.41) is 8.48. The molecule has 0 rings (SSSR count). The molecule has 0 heterocycles. The minimum Gasteiger partial charge on any atom is -0.493 e. The molecule has 0 atom stereocenters. The van der Waals surface area contributed by atoms with Crippen molar-refractivity contribution < 1.29 is 24.2 Å². The Kier molecular flexibility index (Phi) is 5.02. The first-order chi connectivity index (χ1) is 6.15. The highest BCUT2D eigenvalue weighted by atomic mass is 16.5. The standard InChI is InChI=1S/C8H10O5/c1-12-6(5-9)3-4-7(13-2)8(10)11/h3-5H,1-2H3,(H,10,11)/b6-3-,7-4+. The summed E-state index contributed by atoms with van der Waals surface area (Å²) in [6.45, 7) is 0. The Balaban J connectivity index is 4.61. The summed E-state index contributed by atoms with van der Waals surface area (Å²) in [6.07, 6.45) is 2.81. The molecule has 72 valence electrons. The quantitative estimate of drug-likeness (QED) is 0.290. The summed E-state index contributed by atoms with van der Waals surface area (Å²) >= 11 is 0. The number of methoxy groups -OCH3 is 2. The van der Waals surface area contributed by atoms with Crippen LogP contribution in [0, 0.1) is 0 Å². The van der Waals surface area contributed by atoms with Gasteiger partial charge in [0.05, 0.1) is 14.2 Å². The third-order valence-corrected chi connectivity index (χ3v) is 1.18. The number of carboxylic acids is 1. The Morgan fingerprint density at radius 2 is 1.85 bits per heavy atom. The number of ether oxygens (including phenoxy) is 2. The number of carbonyl (C=O) groups excluding carboxylic acids is 1. The number of aliphatic carboxylic acids is 1. The molecule has 1 N–H and O–H groups in total. The number of hydrogen-bond donors (Lipinski definition) is 1. The zero-order chi connectivity index (χ0) is 10.3. The molecule has 0 saturated heterocycles. The molecule has 0 aliphatic rings. The van der Waals surface area contributed by atoms with Gasteiger partial charge in [-0.2, -0.15) is 0 Å². The molecular weight excluding hydrogens is 176 g/mol. The lowest BCUT2D eigenvalue weighted by Gasteiger charge is -1.98. The lowest BCUT2D eigenvalue weighted by Crippen LogP contribution is -2.01. The lowest BCUT2D eigenvalue weighted by atomic mass is 10.4. The molecule has 0 aromatic heterocycles. The summed E-state index contributed by atoms with van der Waals surface area (Å²) < 4.78 is 9.07. The van der Waals surface area contributed by atoms with Crippen LogP contribution in [0.5, 0.6) is 0 Å². The Morgan fingerprint density at radius 3 is 2.15 bits per heavy atom. The van der Waals surface area contributed by atoms with Crippen LogP contribution in [0.2, 0.25) is 0 Å². The average Bonchev–Trinajstić information content (AvgIpc) is 2.12. The molecule has 0 aromatic rings. The van der Waals surface area contributed by atoms with Crippen LogP contribution in [-0.4, -0.2) is 31.6 Å². The molecule has 0 radical (unpaired) electrons. The number of carbonyl (C=O) groups is 2. The van der Waals surface area contributed by atoms with Crippen LogP contribution in [0.15, 0.2) is 23.7 Å². The van der Waals surface area contributed by atoms with Gasteiger partial charge >= 0.3 is 5.97 Å². The van der Waals surface area contributed by atoms with Crippen molar-refractivity contribution in [1.29, 1.82) is 0 Å². The topological polar surface area (TPSA) is 72.8 Å². The van der Waals surface area contributed by atoms with Crippen molar-refractivity contribution in [2.75, 3.05) is 14.2 Å². The van der Waals surface area contributed by atoms with Crippen LogP contribution in [0.1, 0.15) is 0 Å². The maximum Gasteiger partial charge on any atom is 0.371 e. The highest BCUT2D eigenvalue weighted by Crippen LogP contribution is 1.98. The van der Waals surface area contributed by atoms with E-state index in [1.54, 1.807) is 0 Å². The molecule has 0 aliphatic heterocycles. The zero-order valence-electron chi connectivity index (χ0n) is 7.31. The minimum absolute atomic E-state index is 0.0239. The smallest absolute Gasteiger partial charge is 0.371 e. The number of aldehydes is 1. The Bertz CT molecular complexity index is 251. The molecular formula is C8H10O5. The molecule has 0 aliphatic carbocycles. The maximum absolute atomic E-state index is 10.4. The summed E-state index contributed by atoms with van der Waals surface area (Å²) in [5.41, 5.74) is 0. The van der Waals surface area contributed by atoms with Crippen molar-refractivity contribution in [3.8, 4) is 0 Å². The Hall–Kier alpha value is -1.78. The second kappa shape index (κ2) is 5.82. The van der Waals surface area contributed by atoms with Gasteiger partial charge in [-0.3, -0.25) is 4.79 Å². The van der Waals surface area contributed by atoms with Crippen LogP contribution in [0.25, 0.3) is 0 Å². The minimum atomic E-state index is -1.21. The number of rotatable bonds is 5. The first kappa shape index (κ1) is 11.2. The second-order valence-electron chi connectivity index (χ2n) is 1.93. The van der Waals surface area contributed by atoms with Gasteiger partial charge in [0, 0.05) is 0 Å². The largest absolute Gasteiger partial charge is 0.493 e. The van der Waals surface area contributed by atoms with Crippen molar-refractivity contribution in [2.45, 2.75) is 0 Å². The molecule has 5 heteroatoms. The van der Waals surface area contributed by atoms with E-state index in [1.165, 1.54) is 20.3 Å². The fourth-order valence-corrected chi connectivity index (χ4v) is 0.540. The Labute approximate surface area is 75.3 Å². The van der Waals surface area contributed by atoms with E-state index < -0.39 is 5.97 Å². The van der Waals surface area contributed by atoms with Gasteiger partial charge in [0.25, 0.3) is 0 Å². The number of carboxylic acid groups (broad SMARTS) is 1. The first-order valence-electron chi connectivity index (χ1n) is 3.34. The van der Waals surface area contributed by atoms with Gasteiger partial charge in [-0.25, -0.2) is 4.79 Å². The summed E-state index contributed by atoms with van der Waals surface area (Å²) in [6, 6.07) is 0. The van der Waals surface area contributed by atoms with Gasteiger partial charge in [-0.1, -0.05) is 0 Å². The van der Waals surface area contributed by atoms with Crippen molar-refractivity contribution >= 4 is 12.3 Å². The molecule has 0 amide bonds. The van der Waals surface area contributed by atoms with Crippen molar-refractivity contribution in [2.24, 2.45) is 0 Å². The van der Waals surface area contributed by atoms with Gasteiger partial charge in [0.15, 0.2) is 12.0 Å². The molecule has 13 heavy (non-hydrogen) atoms. The summed E-state index contributed by atoms with van der Waals surface area (Å²) in [7, 11) is 2.53. The number of hydrogen-bond acceptors (Lipinski definition) is 4. The predicted octanol–water partition coefficient (Wildman–Crippen LogP) is 0.330. The molecule has 0 aromatic carbocycles. The Morgan fingerprint density at radius 1 is 1.23 bits per heavy atom. The third kappa shape index (κ3) is 3.95. The molecule has 0 fully saturated rings. The molecule has 5 nitrogen and oxygen atoms in total. The van der Waals surface area contributed by atoms with E-state index in [4.69, 9.17) is 5.11 Å². The van der Waals surface area contributed by atoms with Crippen LogP contribution >= 0.6 is 0 Å². The van der Waals surface area contributed by atoms with Crippen LogP contribution in [-0.2, 0) is 19.1 Å². The first-order valence-corrected chi connectivity index (χ1v) is 3.34. The van der Waals surface area contributed by atoms with Gasteiger partial charge in [-0.15, -0.1) is 0 Å². The van der Waals surface area contributed by atoms with E-state index in [0.29, 0.717) is 6.29 Å². The van der Waals surface area contributed by atoms with E-state index in [0.717, 1.165) is 6.08 Å². The average molecular weight is 186 g/mol. The molecule has 0 unspecified atom stereocenters. The van der Waals surface area contributed by atoms with Gasteiger partial charge < -0.3 is 14.6 Å². The fourth-order valence-electron chi connectivity index (χ4n) is 0.540. The molecule has 0 spiro atoms. The predicted molar refractivity (Wildman–Crippen MR) is 43.9 cm³/mol. The number of allylic oxidation sites excluding steroid dienone is 3. The summed E-state index contributed by atoms with van der Waals surface area (Å²) in [4.78, 5) is 20.6. The highest BCUT2D eigenvalue weighted by Gasteiger charge is 2.04. The maximum atomic E-state index is 10.4. The van der Waals surface area contributed by atoms with Gasteiger partial charge in [-0.05, 0) is 12.2 Å². The monoisotopic (exact) mass is 186 g/mol. The SMILES string of the molecule is CO/C(C=O)=C\C=C(\OC)C(=O)O. The van der Waals surface area contributed by atoms with Crippen molar-refractivity contribution in [1.82, 2.24) is 0 Å². The second-order valence-corrected chi connectivity index (χ2v) is 1.93. The summed E-state index contributed by atoms with van der Waals surface area (Å²) in [5.74, 6) is -1.45. The van der Waals surface area contributed by atoms with Crippen molar-refractivity contribution in [3.05, 3.63) is 23.7 Å². The highest BCUT2D eigenvalue weighted by molar-refractivity contribution is 5.85. The fraction of sp³-hybridized carbons (Fsp3) is 0.250. The van der Waals surface area contributed by atoms with Crippen LogP contribution in [0.4, 0.5) is 0 Å². The van der Waals surface area contributed by atoms with Crippen LogP contribution in [0.3, 0.4) is 0 Å². The van der Waals surface area contributed by atoms with E-state index >= 15 is 0 Å². The normalized spacial score (nSPS) is 12.2. The third-order valence-electron chi connectivity index (χ3n) is 1.18. The van der Waals surface area contributed by atoms with E-state index in [2.05, 4.69) is 9.47 Å². The van der Waals surface area contributed by atoms with Crippen LogP contribution < -0.4 is 0 Å². The molecule has 0 bridgehead atoms. The van der Waals surface area contributed by atoms with E-state index in [-0.39, 0.29) is 11.5 Å². The van der Waals surface area contributed by atoms with E-state index in [9.17, 15) is 9.59 Å². The van der Waals surface area contributed by atoms with Gasteiger partial charge in [0.1, 0.15) is 0 Å². The molecule has 0 saturated carbocycles.